The summed E-state index contributed by atoms with van der Waals surface area (Å²) in [5.74, 6) is 0.681. The molecule has 1 fully saturated rings. The number of nitrogens with zero attached hydrogens (tertiary/aromatic N) is 3. The van der Waals surface area contributed by atoms with Crippen molar-refractivity contribution in [3.05, 3.63) is 40.1 Å². The lowest BCUT2D eigenvalue weighted by atomic mass is 10.2. The molecule has 8 nitrogen and oxygen atoms in total. The summed E-state index contributed by atoms with van der Waals surface area (Å²) >= 11 is 1.41. The van der Waals surface area contributed by atoms with E-state index in [0.717, 1.165) is 54.7 Å². The lowest BCUT2D eigenvalue weighted by Crippen LogP contribution is -2.35. The normalized spacial score (nSPS) is 15.3. The van der Waals surface area contributed by atoms with E-state index >= 15 is 0 Å². The fraction of sp³-hybridized carbons (Fsp3) is 0.389. The summed E-state index contributed by atoms with van der Waals surface area (Å²) in [4.78, 5) is 26.9. The van der Waals surface area contributed by atoms with Gasteiger partial charge in [0.2, 0.25) is 0 Å². The zero-order valence-corrected chi connectivity index (χ0v) is 15.8. The van der Waals surface area contributed by atoms with Gasteiger partial charge in [0.25, 0.3) is 5.91 Å². The first-order valence-electron chi connectivity index (χ1n) is 8.75. The average Bonchev–Trinajstić information content (AvgIpc) is 3.29. The zero-order valence-electron chi connectivity index (χ0n) is 15.0. The number of carbonyl (C=O) groups is 1. The van der Waals surface area contributed by atoms with Crippen molar-refractivity contribution in [2.75, 3.05) is 38.7 Å². The molecule has 2 aromatic heterocycles. The van der Waals surface area contributed by atoms with Gasteiger partial charge in [0.15, 0.2) is 0 Å². The highest BCUT2D eigenvalue weighted by molar-refractivity contribution is 7.09. The highest BCUT2D eigenvalue weighted by Crippen LogP contribution is 2.19. The van der Waals surface area contributed by atoms with Crippen LogP contribution in [0.15, 0.2) is 23.6 Å². The molecule has 0 radical (unpaired) electrons. The zero-order chi connectivity index (χ0) is 18.6. The minimum atomic E-state index is -0.235. The maximum Gasteiger partial charge on any atom is 0.275 e. The van der Waals surface area contributed by atoms with Gasteiger partial charge >= 0.3 is 0 Å². The smallest absolute Gasteiger partial charge is 0.275 e. The first kappa shape index (κ1) is 18.1. The van der Waals surface area contributed by atoms with Crippen molar-refractivity contribution in [3.8, 4) is 0 Å². The number of amides is 1. The molecule has 1 aromatic carbocycles. The standard InChI is InChI=1S/C18H21N5O3S/c1-25-10-17-22-15(11-27-17)18(24)19-12-2-3-13-14(8-12)21-16(20-13)9-23-4-6-26-7-5-23/h2-3,8,11H,4-7,9-10H2,1H3,(H,19,24)(H,20,21). The number of aromatic amines is 1. The molecule has 1 saturated heterocycles. The molecule has 1 aliphatic rings. The average molecular weight is 387 g/mol. The van der Waals surface area contributed by atoms with Crippen molar-refractivity contribution in [3.63, 3.8) is 0 Å². The second kappa shape index (κ2) is 8.13. The van der Waals surface area contributed by atoms with E-state index in [-0.39, 0.29) is 5.91 Å². The molecule has 142 valence electrons. The molecule has 4 rings (SSSR count). The molecule has 27 heavy (non-hydrogen) atoms. The van der Waals surface area contributed by atoms with E-state index in [4.69, 9.17) is 9.47 Å². The van der Waals surface area contributed by atoms with Crippen LogP contribution in [0.3, 0.4) is 0 Å². The SMILES string of the molecule is COCc1nc(C(=O)Nc2ccc3nc(CN4CCOCC4)[nH]c3c2)cs1. The summed E-state index contributed by atoms with van der Waals surface area (Å²) in [6.07, 6.45) is 0. The number of rotatable bonds is 6. The van der Waals surface area contributed by atoms with Crippen LogP contribution < -0.4 is 5.32 Å². The van der Waals surface area contributed by atoms with Gasteiger partial charge in [0.1, 0.15) is 16.5 Å². The molecule has 1 aliphatic heterocycles. The fourth-order valence-electron chi connectivity index (χ4n) is 2.99. The molecule has 0 aliphatic carbocycles. The summed E-state index contributed by atoms with van der Waals surface area (Å²) in [7, 11) is 1.61. The number of methoxy groups -OCH3 is 1. The minimum Gasteiger partial charge on any atom is -0.379 e. The highest BCUT2D eigenvalue weighted by Gasteiger charge is 2.14. The minimum absolute atomic E-state index is 0.235. The van der Waals surface area contributed by atoms with Crippen LogP contribution in [0.2, 0.25) is 0 Å². The number of hydrogen-bond acceptors (Lipinski definition) is 7. The molecule has 2 N–H and O–H groups in total. The van der Waals surface area contributed by atoms with Gasteiger partial charge in [-0.2, -0.15) is 0 Å². The van der Waals surface area contributed by atoms with Gasteiger partial charge in [-0.15, -0.1) is 11.3 Å². The van der Waals surface area contributed by atoms with E-state index in [2.05, 4.69) is 25.2 Å². The molecule has 1 amide bonds. The van der Waals surface area contributed by atoms with Gasteiger partial charge in [0.05, 0.1) is 37.4 Å². The van der Waals surface area contributed by atoms with Gasteiger partial charge in [-0.25, -0.2) is 9.97 Å². The molecular formula is C18H21N5O3S. The topological polar surface area (TPSA) is 92.4 Å². The van der Waals surface area contributed by atoms with E-state index in [9.17, 15) is 4.79 Å². The number of imidazole rings is 1. The van der Waals surface area contributed by atoms with Crippen molar-refractivity contribution in [1.82, 2.24) is 19.9 Å². The Balaban J connectivity index is 1.45. The lowest BCUT2D eigenvalue weighted by Gasteiger charge is -2.25. The van der Waals surface area contributed by atoms with Gasteiger partial charge in [0, 0.05) is 31.3 Å². The Morgan fingerprint density at radius 2 is 2.22 bits per heavy atom. The maximum absolute atomic E-state index is 12.4. The van der Waals surface area contributed by atoms with Crippen molar-refractivity contribution < 1.29 is 14.3 Å². The number of ether oxygens (including phenoxy) is 2. The Hall–Kier alpha value is -2.33. The van der Waals surface area contributed by atoms with Crippen molar-refractivity contribution in [2.45, 2.75) is 13.2 Å². The third-order valence-electron chi connectivity index (χ3n) is 4.32. The Morgan fingerprint density at radius 1 is 1.37 bits per heavy atom. The van der Waals surface area contributed by atoms with E-state index in [0.29, 0.717) is 18.0 Å². The third-order valence-corrected chi connectivity index (χ3v) is 5.14. The van der Waals surface area contributed by atoms with Crippen LogP contribution in [-0.2, 0) is 22.6 Å². The monoisotopic (exact) mass is 387 g/mol. The molecule has 3 aromatic rings. The molecule has 9 heteroatoms. The summed E-state index contributed by atoms with van der Waals surface area (Å²) in [5, 5.41) is 5.40. The lowest BCUT2D eigenvalue weighted by molar-refractivity contribution is 0.0332. The van der Waals surface area contributed by atoms with E-state index in [1.165, 1.54) is 11.3 Å². The predicted octanol–water partition coefficient (Wildman–Crippen LogP) is 2.25. The Kier molecular flexibility index (Phi) is 5.44. The van der Waals surface area contributed by atoms with Crippen LogP contribution in [-0.4, -0.2) is 59.2 Å². The number of fused-ring (bicyclic) bond motifs is 1. The second-order valence-corrected chi connectivity index (χ2v) is 7.26. The van der Waals surface area contributed by atoms with E-state index in [1.807, 2.05) is 18.2 Å². The van der Waals surface area contributed by atoms with Gasteiger partial charge in [-0.1, -0.05) is 0 Å². The largest absolute Gasteiger partial charge is 0.379 e. The fourth-order valence-corrected chi connectivity index (χ4v) is 3.73. The number of hydrogen-bond donors (Lipinski definition) is 2. The number of nitrogens with one attached hydrogen (secondary N) is 2. The molecular weight excluding hydrogens is 366 g/mol. The molecule has 0 saturated carbocycles. The third kappa shape index (κ3) is 4.33. The Bertz CT molecular complexity index is 932. The summed E-state index contributed by atoms with van der Waals surface area (Å²) in [6, 6.07) is 5.65. The number of aromatic nitrogens is 3. The van der Waals surface area contributed by atoms with Crippen LogP contribution in [0.5, 0.6) is 0 Å². The summed E-state index contributed by atoms with van der Waals surface area (Å²) < 4.78 is 10.4. The van der Waals surface area contributed by atoms with Gasteiger partial charge in [-0.3, -0.25) is 9.69 Å². The van der Waals surface area contributed by atoms with Crippen LogP contribution in [0, 0.1) is 0 Å². The van der Waals surface area contributed by atoms with Crippen LogP contribution in [0.1, 0.15) is 21.3 Å². The Morgan fingerprint density at radius 3 is 3.04 bits per heavy atom. The first-order chi connectivity index (χ1) is 13.2. The van der Waals surface area contributed by atoms with Gasteiger partial charge < -0.3 is 19.8 Å². The Labute approximate surface area is 160 Å². The van der Waals surface area contributed by atoms with E-state index in [1.54, 1.807) is 12.5 Å². The van der Waals surface area contributed by atoms with Crippen LogP contribution in [0.25, 0.3) is 11.0 Å². The van der Waals surface area contributed by atoms with Crippen molar-refractivity contribution in [2.24, 2.45) is 0 Å². The number of carbonyl (C=O) groups excluding carboxylic acids is 1. The van der Waals surface area contributed by atoms with Crippen LogP contribution >= 0.6 is 11.3 Å². The summed E-state index contributed by atoms with van der Waals surface area (Å²) in [6.45, 7) is 4.52. The second-order valence-electron chi connectivity index (χ2n) is 6.32. The molecule has 0 bridgehead atoms. The highest BCUT2D eigenvalue weighted by atomic mass is 32.1. The predicted molar refractivity (Wildman–Crippen MR) is 103 cm³/mol. The van der Waals surface area contributed by atoms with Crippen molar-refractivity contribution in [1.29, 1.82) is 0 Å². The van der Waals surface area contributed by atoms with Crippen molar-refractivity contribution >= 4 is 34.0 Å². The maximum atomic E-state index is 12.4. The molecule has 0 unspecified atom stereocenters. The molecule has 0 atom stereocenters. The number of H-pyrrole nitrogens is 1. The molecule has 0 spiro atoms. The number of anilines is 1. The number of morpholine rings is 1. The molecule has 3 heterocycles. The number of benzene rings is 1. The first-order valence-corrected chi connectivity index (χ1v) is 9.62. The van der Waals surface area contributed by atoms with E-state index < -0.39 is 0 Å². The van der Waals surface area contributed by atoms with Crippen LogP contribution in [0.4, 0.5) is 5.69 Å². The number of thiazole rings is 1. The summed E-state index contributed by atoms with van der Waals surface area (Å²) in [5.41, 5.74) is 2.88. The quantitative estimate of drug-likeness (QED) is 0.674. The van der Waals surface area contributed by atoms with Gasteiger partial charge in [-0.05, 0) is 18.2 Å².